The van der Waals surface area contributed by atoms with Crippen LogP contribution in [0.5, 0.6) is 5.75 Å². The molecule has 2 heterocycles. The average Bonchev–Trinajstić information content (AvgIpc) is 3.31. The van der Waals surface area contributed by atoms with Gasteiger partial charge < -0.3 is 14.2 Å². The van der Waals surface area contributed by atoms with Crippen molar-refractivity contribution in [1.82, 2.24) is 4.57 Å². The van der Waals surface area contributed by atoms with E-state index < -0.39 is 0 Å². The summed E-state index contributed by atoms with van der Waals surface area (Å²) in [4.78, 5) is 0. The maximum Gasteiger partial charge on any atom is 0.504 e. The normalized spacial score (nSPS) is 11.6. The zero-order valence-corrected chi connectivity index (χ0v) is 16.3. The molecule has 0 aliphatic carbocycles. The predicted octanol–water partition coefficient (Wildman–Crippen LogP) is 5.79. The van der Waals surface area contributed by atoms with Crippen LogP contribution in [0.1, 0.15) is 0 Å². The number of aromatic nitrogens is 1. The molecule has 0 atom stereocenters. The van der Waals surface area contributed by atoms with Crippen LogP contribution in [-0.4, -0.2) is 17.3 Å². The van der Waals surface area contributed by atoms with Crippen molar-refractivity contribution in [2.45, 2.75) is 0 Å². The highest BCUT2D eigenvalue weighted by atomic mass is 32.1. The van der Waals surface area contributed by atoms with Gasteiger partial charge in [0.1, 0.15) is 5.75 Å². The third kappa shape index (κ3) is 2.35. The fourth-order valence-electron chi connectivity index (χ4n) is 4.32. The Balaban J connectivity index is 1.81. The van der Waals surface area contributed by atoms with Crippen molar-refractivity contribution in [3.05, 3.63) is 84.9 Å². The molecule has 0 amide bonds. The molecule has 2 aromatic heterocycles. The Morgan fingerprint density at radius 3 is 2.31 bits per heavy atom. The zero-order chi connectivity index (χ0) is 19.4. The minimum Gasteiger partial charge on any atom is -0.538 e. The SMILES string of the molecule is OBOc1cccc2c1sc1c2ccc2c1c1ccccc1n2-c1ccccc1. The van der Waals surface area contributed by atoms with Crippen LogP contribution in [0.25, 0.3) is 47.7 Å². The van der Waals surface area contributed by atoms with Crippen LogP contribution in [0.4, 0.5) is 0 Å². The van der Waals surface area contributed by atoms with Crippen molar-refractivity contribution < 1.29 is 9.68 Å². The monoisotopic (exact) mass is 393 g/mol. The van der Waals surface area contributed by atoms with E-state index in [1.54, 1.807) is 11.3 Å². The number of para-hydroxylation sites is 2. The Hall–Kier alpha value is -3.28. The third-order valence-electron chi connectivity index (χ3n) is 5.50. The highest BCUT2D eigenvalue weighted by Crippen LogP contribution is 2.45. The van der Waals surface area contributed by atoms with Gasteiger partial charge in [0.15, 0.2) is 0 Å². The summed E-state index contributed by atoms with van der Waals surface area (Å²) >= 11 is 1.73. The van der Waals surface area contributed by atoms with E-state index in [1.165, 1.54) is 31.9 Å². The Bertz CT molecular complexity index is 1520. The van der Waals surface area contributed by atoms with E-state index >= 15 is 0 Å². The molecule has 0 unspecified atom stereocenters. The highest BCUT2D eigenvalue weighted by molar-refractivity contribution is 7.27. The lowest BCUT2D eigenvalue weighted by Crippen LogP contribution is -1.99. The molecule has 0 aliphatic heterocycles. The first kappa shape index (κ1) is 16.7. The van der Waals surface area contributed by atoms with Crippen LogP contribution < -0.4 is 4.65 Å². The van der Waals surface area contributed by atoms with E-state index in [1.807, 2.05) is 18.2 Å². The molecule has 4 aromatic carbocycles. The summed E-state index contributed by atoms with van der Waals surface area (Å²) in [5.74, 6) is 0.728. The van der Waals surface area contributed by atoms with Crippen LogP contribution in [0.2, 0.25) is 0 Å². The van der Waals surface area contributed by atoms with Crippen molar-refractivity contribution in [1.29, 1.82) is 0 Å². The maximum atomic E-state index is 9.28. The molecule has 0 spiro atoms. The largest absolute Gasteiger partial charge is 0.538 e. The Kier molecular flexibility index (Phi) is 3.66. The zero-order valence-electron chi connectivity index (χ0n) is 15.5. The first-order valence-corrected chi connectivity index (χ1v) is 10.3. The highest BCUT2D eigenvalue weighted by Gasteiger charge is 2.18. The molecule has 29 heavy (non-hydrogen) atoms. The molecule has 0 aliphatic rings. The lowest BCUT2D eigenvalue weighted by atomic mass is 10.1. The van der Waals surface area contributed by atoms with E-state index in [2.05, 4.69) is 71.3 Å². The standard InChI is InChI=1S/C24H16BNO2S/c27-25-28-21-12-6-10-16-17-13-14-20-22(24(17)29-23(16)21)18-9-4-5-11-19(18)26(20)15-7-2-1-3-8-15/h1-14,25,27H. The number of rotatable bonds is 3. The fraction of sp³-hybridized carbons (Fsp3) is 0. The number of nitrogens with zero attached hydrogens (tertiary/aromatic N) is 1. The number of fused-ring (bicyclic) bond motifs is 7. The quantitative estimate of drug-likeness (QED) is 0.386. The summed E-state index contributed by atoms with van der Waals surface area (Å²) in [6, 6.07) is 29.5. The molecule has 0 fully saturated rings. The van der Waals surface area contributed by atoms with Crippen molar-refractivity contribution in [3.63, 3.8) is 0 Å². The second-order valence-corrected chi connectivity index (χ2v) is 8.05. The number of benzene rings is 4. The van der Waals surface area contributed by atoms with E-state index in [0.717, 1.165) is 21.5 Å². The molecule has 5 heteroatoms. The number of hydrogen-bond acceptors (Lipinski definition) is 3. The molecule has 0 bridgehead atoms. The molecule has 0 saturated carbocycles. The van der Waals surface area contributed by atoms with Gasteiger partial charge in [-0.1, -0.05) is 54.6 Å². The van der Waals surface area contributed by atoms with E-state index in [0.29, 0.717) is 0 Å². The second kappa shape index (κ2) is 6.37. The third-order valence-corrected chi connectivity index (χ3v) is 6.75. The molecular weight excluding hydrogens is 377 g/mol. The average molecular weight is 393 g/mol. The summed E-state index contributed by atoms with van der Waals surface area (Å²) in [5.41, 5.74) is 3.55. The van der Waals surface area contributed by atoms with E-state index in [4.69, 9.17) is 4.65 Å². The van der Waals surface area contributed by atoms with Gasteiger partial charge in [-0.25, -0.2) is 0 Å². The molecule has 138 valence electrons. The van der Waals surface area contributed by atoms with Crippen molar-refractivity contribution in [3.8, 4) is 11.4 Å². The van der Waals surface area contributed by atoms with Crippen molar-refractivity contribution in [2.24, 2.45) is 0 Å². The van der Waals surface area contributed by atoms with Gasteiger partial charge in [-0.05, 0) is 30.3 Å². The molecular formula is C24H16BNO2S. The maximum absolute atomic E-state index is 9.28. The number of hydrogen-bond donors (Lipinski definition) is 1. The lowest BCUT2D eigenvalue weighted by molar-refractivity contribution is 0.457. The van der Waals surface area contributed by atoms with Gasteiger partial charge in [0, 0.05) is 31.9 Å². The Morgan fingerprint density at radius 1 is 0.690 bits per heavy atom. The first-order valence-electron chi connectivity index (χ1n) is 9.53. The van der Waals surface area contributed by atoms with Crippen LogP contribution in [0, 0.1) is 0 Å². The number of thiophene rings is 1. The van der Waals surface area contributed by atoms with Gasteiger partial charge in [-0.2, -0.15) is 0 Å². The molecule has 1 N–H and O–H groups in total. The summed E-state index contributed by atoms with van der Waals surface area (Å²) < 4.78 is 10.1. The predicted molar refractivity (Wildman–Crippen MR) is 124 cm³/mol. The van der Waals surface area contributed by atoms with Gasteiger partial charge in [-0.3, -0.25) is 0 Å². The summed E-state index contributed by atoms with van der Waals surface area (Å²) in [6.07, 6.45) is 0. The van der Waals surface area contributed by atoms with Gasteiger partial charge in [0.2, 0.25) is 0 Å². The Labute approximate surface area is 171 Å². The van der Waals surface area contributed by atoms with Crippen molar-refractivity contribution in [2.75, 3.05) is 0 Å². The molecule has 3 nitrogen and oxygen atoms in total. The second-order valence-electron chi connectivity index (χ2n) is 7.03. The van der Waals surface area contributed by atoms with Crippen LogP contribution in [0.3, 0.4) is 0 Å². The van der Waals surface area contributed by atoms with E-state index in [-0.39, 0.29) is 7.69 Å². The summed E-state index contributed by atoms with van der Waals surface area (Å²) in [7, 11) is -0.323. The summed E-state index contributed by atoms with van der Waals surface area (Å²) in [5, 5.41) is 14.2. The fourth-order valence-corrected chi connectivity index (χ4v) is 5.64. The Morgan fingerprint density at radius 2 is 1.45 bits per heavy atom. The lowest BCUT2D eigenvalue weighted by Gasteiger charge is -2.07. The van der Waals surface area contributed by atoms with Gasteiger partial charge >= 0.3 is 7.69 Å². The van der Waals surface area contributed by atoms with Gasteiger partial charge in [-0.15, -0.1) is 11.3 Å². The smallest absolute Gasteiger partial charge is 0.504 e. The minimum atomic E-state index is -0.323. The first-order chi connectivity index (χ1) is 14.4. The van der Waals surface area contributed by atoms with Crippen LogP contribution >= 0.6 is 11.3 Å². The van der Waals surface area contributed by atoms with Crippen LogP contribution in [0.15, 0.2) is 84.9 Å². The molecule has 0 radical (unpaired) electrons. The van der Waals surface area contributed by atoms with Crippen LogP contribution in [-0.2, 0) is 0 Å². The van der Waals surface area contributed by atoms with Gasteiger partial charge in [0.25, 0.3) is 0 Å². The van der Waals surface area contributed by atoms with Crippen molar-refractivity contribution >= 4 is 61.0 Å². The topological polar surface area (TPSA) is 34.4 Å². The molecule has 6 rings (SSSR count). The summed E-state index contributed by atoms with van der Waals surface area (Å²) in [6.45, 7) is 0. The van der Waals surface area contributed by atoms with E-state index in [9.17, 15) is 5.02 Å². The molecule has 6 aromatic rings. The molecule has 0 saturated heterocycles. The van der Waals surface area contributed by atoms with Gasteiger partial charge in [0.05, 0.1) is 15.7 Å². The minimum absolute atomic E-state index is 0.323.